The number of carbonyl (C=O) groups excluding carboxylic acids is 2. The van der Waals surface area contributed by atoms with Crippen molar-refractivity contribution in [1.29, 1.82) is 0 Å². The molecule has 1 aliphatic carbocycles. The Kier molecular flexibility index (Phi) is 5.81. The Morgan fingerprint density at radius 2 is 1.85 bits per heavy atom. The molecule has 1 N–H and O–H groups in total. The van der Waals surface area contributed by atoms with Crippen LogP contribution in [0.5, 0.6) is 5.75 Å². The fraction of sp³-hybridized carbons (Fsp3) is 0.600. The molecule has 6 heteroatoms. The first-order valence-corrected chi connectivity index (χ1v) is 9.35. The lowest BCUT2D eigenvalue weighted by molar-refractivity contribution is -0.133. The third kappa shape index (κ3) is 4.97. The van der Waals surface area contributed by atoms with E-state index in [1.807, 2.05) is 17.0 Å². The van der Waals surface area contributed by atoms with Crippen LogP contribution in [0.1, 0.15) is 49.4 Å². The second-order valence-electron chi connectivity index (χ2n) is 7.48. The summed E-state index contributed by atoms with van der Waals surface area (Å²) in [5.41, 5.74) is 0.644. The molecule has 26 heavy (non-hydrogen) atoms. The maximum atomic E-state index is 12.2. The molecule has 0 atom stereocenters. The number of methoxy groups -OCH3 is 1. The van der Waals surface area contributed by atoms with E-state index >= 15 is 0 Å². The summed E-state index contributed by atoms with van der Waals surface area (Å²) in [5, 5.41) is 3.05. The molecule has 2 fully saturated rings. The number of hydrogen-bond donors (Lipinski definition) is 1. The second-order valence-corrected chi connectivity index (χ2v) is 7.48. The Morgan fingerprint density at radius 3 is 2.42 bits per heavy atom. The number of nitrogens with zero attached hydrogens (tertiary/aromatic N) is 1. The van der Waals surface area contributed by atoms with Gasteiger partial charge < -0.3 is 19.7 Å². The molecule has 0 spiro atoms. The molecule has 1 aromatic rings. The van der Waals surface area contributed by atoms with E-state index in [2.05, 4.69) is 12.2 Å². The van der Waals surface area contributed by atoms with E-state index < -0.39 is 0 Å². The average Bonchev–Trinajstić information content (AvgIpc) is 3.37. The molecule has 2 amide bonds. The number of rotatable bonds is 7. The normalized spacial score (nSPS) is 19.1. The van der Waals surface area contributed by atoms with Crippen LogP contribution in [0.25, 0.3) is 0 Å². The lowest BCUT2D eigenvalue weighted by atomic mass is 10.1. The van der Waals surface area contributed by atoms with Gasteiger partial charge in [-0.25, -0.2) is 0 Å². The number of nitrogens with one attached hydrogen (secondary N) is 1. The Morgan fingerprint density at radius 1 is 1.19 bits per heavy atom. The number of carbonyl (C=O) groups is 2. The minimum absolute atomic E-state index is 0.0130. The Balaban J connectivity index is 1.45. The van der Waals surface area contributed by atoms with E-state index in [9.17, 15) is 9.59 Å². The Hall–Kier alpha value is -2.08. The molecular weight excluding hydrogens is 332 g/mol. The lowest BCUT2D eigenvalue weighted by Crippen LogP contribution is -2.42. The highest BCUT2D eigenvalue weighted by atomic mass is 16.5. The molecule has 3 rings (SSSR count). The number of piperidine rings is 1. The van der Waals surface area contributed by atoms with Gasteiger partial charge in [0.2, 0.25) is 5.91 Å². The highest BCUT2D eigenvalue weighted by Gasteiger charge is 2.38. The van der Waals surface area contributed by atoms with Gasteiger partial charge in [-0.1, -0.05) is 0 Å². The maximum absolute atomic E-state index is 12.2. The van der Waals surface area contributed by atoms with E-state index in [0.717, 1.165) is 31.4 Å². The number of likely N-dealkylation sites (tertiary alicyclic amines) is 1. The van der Waals surface area contributed by atoms with Crippen molar-refractivity contribution in [2.45, 2.75) is 50.7 Å². The Bertz CT molecular complexity index is 632. The standard InChI is InChI=1S/C20H28N2O4/c1-20(10-11-20)21-19(24)15-3-5-16(6-4-15)26-17-7-12-22(13-8-17)18(23)9-14-25-2/h3-6,17H,7-14H2,1-2H3,(H,21,24). The van der Waals surface area contributed by atoms with Crippen LogP contribution in [0.2, 0.25) is 0 Å². The molecule has 0 bridgehead atoms. The molecule has 1 saturated carbocycles. The van der Waals surface area contributed by atoms with Crippen molar-refractivity contribution >= 4 is 11.8 Å². The van der Waals surface area contributed by atoms with E-state index in [1.165, 1.54) is 0 Å². The van der Waals surface area contributed by atoms with Crippen molar-refractivity contribution < 1.29 is 19.1 Å². The predicted molar refractivity (Wildman–Crippen MR) is 98.3 cm³/mol. The molecule has 6 nitrogen and oxygen atoms in total. The number of hydrogen-bond acceptors (Lipinski definition) is 4. The van der Waals surface area contributed by atoms with Crippen LogP contribution in [0.3, 0.4) is 0 Å². The first-order valence-electron chi connectivity index (χ1n) is 9.35. The van der Waals surface area contributed by atoms with Gasteiger partial charge in [0.05, 0.1) is 13.0 Å². The number of amides is 2. The summed E-state index contributed by atoms with van der Waals surface area (Å²) in [4.78, 5) is 26.1. The minimum atomic E-state index is -0.0283. The molecule has 0 aromatic heterocycles. The van der Waals surface area contributed by atoms with Crippen molar-refractivity contribution in [1.82, 2.24) is 10.2 Å². The first-order chi connectivity index (χ1) is 12.5. The molecule has 1 aliphatic heterocycles. The molecule has 0 unspecified atom stereocenters. The van der Waals surface area contributed by atoms with Crippen LogP contribution >= 0.6 is 0 Å². The number of benzene rings is 1. The summed E-state index contributed by atoms with van der Waals surface area (Å²) in [6.45, 7) is 3.96. The van der Waals surface area contributed by atoms with Crippen LogP contribution in [0, 0.1) is 0 Å². The molecule has 1 saturated heterocycles. The largest absolute Gasteiger partial charge is 0.490 e. The molecule has 2 aliphatic rings. The van der Waals surface area contributed by atoms with Crippen molar-refractivity contribution in [2.75, 3.05) is 26.8 Å². The van der Waals surface area contributed by atoms with Crippen molar-refractivity contribution in [3.63, 3.8) is 0 Å². The maximum Gasteiger partial charge on any atom is 0.251 e. The highest BCUT2D eigenvalue weighted by molar-refractivity contribution is 5.95. The monoisotopic (exact) mass is 360 g/mol. The molecular formula is C20H28N2O4. The quantitative estimate of drug-likeness (QED) is 0.811. The first kappa shape index (κ1) is 18.7. The fourth-order valence-electron chi connectivity index (χ4n) is 3.11. The molecule has 0 radical (unpaired) electrons. The summed E-state index contributed by atoms with van der Waals surface area (Å²) < 4.78 is 11.0. The van der Waals surface area contributed by atoms with Crippen molar-refractivity contribution in [3.8, 4) is 5.75 Å². The van der Waals surface area contributed by atoms with Crippen LogP contribution in [-0.4, -0.2) is 55.2 Å². The third-order valence-electron chi connectivity index (χ3n) is 5.15. The van der Waals surface area contributed by atoms with E-state index in [4.69, 9.17) is 9.47 Å². The van der Waals surface area contributed by atoms with Crippen molar-refractivity contribution in [3.05, 3.63) is 29.8 Å². The summed E-state index contributed by atoms with van der Waals surface area (Å²) in [5.74, 6) is 0.882. The van der Waals surface area contributed by atoms with Crippen LogP contribution in [0.4, 0.5) is 0 Å². The van der Waals surface area contributed by atoms with Gasteiger partial charge in [0.15, 0.2) is 0 Å². The summed E-state index contributed by atoms with van der Waals surface area (Å²) >= 11 is 0. The lowest BCUT2D eigenvalue weighted by Gasteiger charge is -2.32. The topological polar surface area (TPSA) is 67.9 Å². The predicted octanol–water partition coefficient (Wildman–Crippen LogP) is 2.38. The molecule has 1 heterocycles. The SMILES string of the molecule is COCCC(=O)N1CCC(Oc2ccc(C(=O)NC3(C)CC3)cc2)CC1. The summed E-state index contributed by atoms with van der Waals surface area (Å²) in [6.07, 6.45) is 4.27. The van der Waals surface area contributed by atoms with Gasteiger partial charge in [-0.2, -0.15) is 0 Å². The minimum Gasteiger partial charge on any atom is -0.490 e. The van der Waals surface area contributed by atoms with Crippen LogP contribution in [-0.2, 0) is 9.53 Å². The summed E-state index contributed by atoms with van der Waals surface area (Å²) in [6, 6.07) is 7.31. The van der Waals surface area contributed by atoms with E-state index in [0.29, 0.717) is 31.7 Å². The van der Waals surface area contributed by atoms with Crippen molar-refractivity contribution in [2.24, 2.45) is 0 Å². The smallest absolute Gasteiger partial charge is 0.251 e. The zero-order valence-electron chi connectivity index (χ0n) is 15.6. The zero-order valence-corrected chi connectivity index (χ0v) is 15.6. The van der Waals surface area contributed by atoms with E-state index in [-0.39, 0.29) is 23.5 Å². The van der Waals surface area contributed by atoms with Crippen LogP contribution < -0.4 is 10.1 Å². The van der Waals surface area contributed by atoms with Gasteiger partial charge in [-0.05, 0) is 44.0 Å². The van der Waals surface area contributed by atoms with Gasteiger partial charge in [0, 0.05) is 44.1 Å². The van der Waals surface area contributed by atoms with Gasteiger partial charge in [0.1, 0.15) is 11.9 Å². The zero-order chi connectivity index (χ0) is 18.6. The average molecular weight is 360 g/mol. The molecule has 1 aromatic carbocycles. The second kappa shape index (κ2) is 8.08. The van der Waals surface area contributed by atoms with E-state index in [1.54, 1.807) is 19.2 Å². The Labute approximate surface area is 154 Å². The third-order valence-corrected chi connectivity index (χ3v) is 5.15. The number of ether oxygens (including phenoxy) is 2. The van der Waals surface area contributed by atoms with Gasteiger partial charge >= 0.3 is 0 Å². The van der Waals surface area contributed by atoms with Gasteiger partial charge in [-0.3, -0.25) is 9.59 Å². The van der Waals surface area contributed by atoms with Crippen LogP contribution in [0.15, 0.2) is 24.3 Å². The van der Waals surface area contributed by atoms with Gasteiger partial charge in [0.25, 0.3) is 5.91 Å². The summed E-state index contributed by atoms with van der Waals surface area (Å²) in [7, 11) is 1.61. The highest BCUT2D eigenvalue weighted by Crippen LogP contribution is 2.34. The van der Waals surface area contributed by atoms with Gasteiger partial charge in [-0.15, -0.1) is 0 Å². The molecule has 142 valence electrons. The fourth-order valence-corrected chi connectivity index (χ4v) is 3.11.